The van der Waals surface area contributed by atoms with Gasteiger partial charge in [0, 0.05) is 26.2 Å². The van der Waals surface area contributed by atoms with Crippen LogP contribution in [-0.4, -0.2) is 34.5 Å². The first-order chi connectivity index (χ1) is 12.8. The SMILES string of the molecule is COCc1nnc(N2CCCC2CCCc2ccccc2)n1CC1CC1. The standard InChI is InChI=1S/C21H30N4O/c1-26-16-20-22-23-21(25(20)15-18-12-13-18)24-14-6-11-19(24)10-5-9-17-7-3-2-4-8-17/h2-4,7-8,18-19H,5-6,9-16H2,1H3. The molecular formula is C21H30N4O. The van der Waals surface area contributed by atoms with Crippen molar-refractivity contribution in [3.63, 3.8) is 0 Å². The molecule has 1 atom stereocenters. The Bertz CT molecular complexity index is 695. The van der Waals surface area contributed by atoms with Gasteiger partial charge in [-0.15, -0.1) is 10.2 Å². The van der Waals surface area contributed by atoms with Crippen molar-refractivity contribution in [3.8, 4) is 0 Å². The Morgan fingerprint density at radius 3 is 2.73 bits per heavy atom. The highest BCUT2D eigenvalue weighted by Gasteiger charge is 2.31. The summed E-state index contributed by atoms with van der Waals surface area (Å²) >= 11 is 0. The second kappa shape index (κ2) is 8.21. The summed E-state index contributed by atoms with van der Waals surface area (Å²) in [5.74, 6) is 2.86. The number of anilines is 1. The Labute approximate surface area is 156 Å². The van der Waals surface area contributed by atoms with Gasteiger partial charge in [0.25, 0.3) is 0 Å². The van der Waals surface area contributed by atoms with Crippen molar-refractivity contribution in [3.05, 3.63) is 41.7 Å². The highest BCUT2D eigenvalue weighted by atomic mass is 16.5. The lowest BCUT2D eigenvalue weighted by molar-refractivity contribution is 0.173. The Hall–Kier alpha value is -1.88. The third kappa shape index (κ3) is 4.09. The first-order valence-electron chi connectivity index (χ1n) is 10.1. The van der Waals surface area contributed by atoms with Crippen LogP contribution in [0.4, 0.5) is 5.95 Å². The van der Waals surface area contributed by atoms with Crippen LogP contribution in [0.25, 0.3) is 0 Å². The van der Waals surface area contributed by atoms with Crippen LogP contribution >= 0.6 is 0 Å². The summed E-state index contributed by atoms with van der Waals surface area (Å²) < 4.78 is 7.68. The molecule has 1 aliphatic heterocycles. The van der Waals surface area contributed by atoms with Gasteiger partial charge in [0.2, 0.25) is 5.95 Å². The van der Waals surface area contributed by atoms with E-state index < -0.39 is 0 Å². The lowest BCUT2D eigenvalue weighted by Crippen LogP contribution is -2.32. The van der Waals surface area contributed by atoms with Crippen molar-refractivity contribution in [1.29, 1.82) is 0 Å². The zero-order valence-electron chi connectivity index (χ0n) is 15.8. The van der Waals surface area contributed by atoms with Crippen molar-refractivity contribution in [2.75, 3.05) is 18.6 Å². The minimum Gasteiger partial charge on any atom is -0.377 e. The molecule has 1 aromatic heterocycles. The van der Waals surface area contributed by atoms with Crippen molar-refractivity contribution < 1.29 is 4.74 Å². The van der Waals surface area contributed by atoms with Gasteiger partial charge in [0.1, 0.15) is 6.61 Å². The van der Waals surface area contributed by atoms with Gasteiger partial charge in [-0.2, -0.15) is 0 Å². The Kier molecular flexibility index (Phi) is 5.54. The van der Waals surface area contributed by atoms with Crippen molar-refractivity contribution in [2.45, 2.75) is 64.1 Å². The third-order valence-electron chi connectivity index (χ3n) is 5.70. The topological polar surface area (TPSA) is 43.2 Å². The highest BCUT2D eigenvalue weighted by Crippen LogP contribution is 2.34. The highest BCUT2D eigenvalue weighted by molar-refractivity contribution is 5.35. The number of ether oxygens (including phenoxy) is 1. The molecule has 0 amide bonds. The molecule has 1 aromatic carbocycles. The van der Waals surface area contributed by atoms with E-state index in [4.69, 9.17) is 4.74 Å². The van der Waals surface area contributed by atoms with Gasteiger partial charge in [-0.05, 0) is 56.4 Å². The summed E-state index contributed by atoms with van der Waals surface area (Å²) in [5.41, 5.74) is 1.44. The van der Waals surface area contributed by atoms with Gasteiger partial charge >= 0.3 is 0 Å². The second-order valence-electron chi connectivity index (χ2n) is 7.77. The molecule has 0 spiro atoms. The fraction of sp³-hybridized carbons (Fsp3) is 0.619. The molecule has 1 saturated carbocycles. The smallest absolute Gasteiger partial charge is 0.227 e. The number of aromatic nitrogens is 3. The van der Waals surface area contributed by atoms with E-state index in [9.17, 15) is 0 Å². The molecule has 0 bridgehead atoms. The fourth-order valence-electron chi connectivity index (χ4n) is 4.11. The molecule has 2 fully saturated rings. The number of hydrogen-bond donors (Lipinski definition) is 0. The van der Waals surface area contributed by atoms with Gasteiger partial charge in [-0.25, -0.2) is 0 Å². The maximum absolute atomic E-state index is 5.35. The zero-order chi connectivity index (χ0) is 17.8. The number of hydrogen-bond acceptors (Lipinski definition) is 4. The molecule has 2 aliphatic rings. The number of benzene rings is 1. The van der Waals surface area contributed by atoms with Crippen molar-refractivity contribution in [2.24, 2.45) is 5.92 Å². The molecule has 0 radical (unpaired) electrons. The average molecular weight is 354 g/mol. The van der Waals surface area contributed by atoms with Gasteiger partial charge in [-0.1, -0.05) is 30.3 Å². The summed E-state index contributed by atoms with van der Waals surface area (Å²) in [5, 5.41) is 9.01. The van der Waals surface area contributed by atoms with Crippen LogP contribution in [0.5, 0.6) is 0 Å². The summed E-state index contributed by atoms with van der Waals surface area (Å²) in [7, 11) is 1.73. The van der Waals surface area contributed by atoms with E-state index in [2.05, 4.69) is 50.0 Å². The van der Waals surface area contributed by atoms with E-state index in [0.717, 1.165) is 37.2 Å². The quantitative estimate of drug-likeness (QED) is 0.686. The van der Waals surface area contributed by atoms with Crippen LogP contribution in [0.3, 0.4) is 0 Å². The lowest BCUT2D eigenvalue weighted by Gasteiger charge is -2.26. The molecule has 2 heterocycles. The number of methoxy groups -OCH3 is 1. The van der Waals surface area contributed by atoms with Crippen LogP contribution in [0, 0.1) is 5.92 Å². The molecule has 26 heavy (non-hydrogen) atoms. The Balaban J connectivity index is 1.42. The molecule has 1 aliphatic carbocycles. The van der Waals surface area contributed by atoms with Gasteiger partial charge in [0.05, 0.1) is 0 Å². The summed E-state index contributed by atoms with van der Waals surface area (Å²) in [4.78, 5) is 2.51. The van der Waals surface area contributed by atoms with Crippen molar-refractivity contribution >= 4 is 5.95 Å². The lowest BCUT2D eigenvalue weighted by atomic mass is 10.0. The molecule has 5 heteroatoms. The van der Waals surface area contributed by atoms with E-state index >= 15 is 0 Å². The first-order valence-corrected chi connectivity index (χ1v) is 10.1. The molecule has 4 rings (SSSR count). The van der Waals surface area contributed by atoms with Crippen molar-refractivity contribution in [1.82, 2.24) is 14.8 Å². The van der Waals surface area contributed by atoms with Gasteiger partial charge in [0.15, 0.2) is 5.82 Å². The molecule has 1 unspecified atom stereocenters. The Morgan fingerprint density at radius 2 is 1.96 bits per heavy atom. The predicted octanol–water partition coefficient (Wildman–Crippen LogP) is 3.83. The van der Waals surface area contributed by atoms with E-state index in [0.29, 0.717) is 12.6 Å². The van der Waals surface area contributed by atoms with E-state index in [1.54, 1.807) is 7.11 Å². The third-order valence-corrected chi connectivity index (χ3v) is 5.70. The van der Waals surface area contributed by atoms with Crippen LogP contribution in [0.1, 0.15) is 49.9 Å². The number of nitrogens with zero attached hydrogens (tertiary/aromatic N) is 4. The molecule has 5 nitrogen and oxygen atoms in total. The minimum absolute atomic E-state index is 0.548. The largest absolute Gasteiger partial charge is 0.377 e. The molecule has 1 saturated heterocycles. The maximum atomic E-state index is 5.35. The van der Waals surface area contributed by atoms with Gasteiger partial charge in [-0.3, -0.25) is 4.57 Å². The number of aryl methyl sites for hydroxylation is 1. The zero-order valence-corrected chi connectivity index (χ0v) is 15.8. The van der Waals surface area contributed by atoms with Crippen LogP contribution in [0.15, 0.2) is 30.3 Å². The van der Waals surface area contributed by atoms with E-state index in [1.165, 1.54) is 44.1 Å². The number of rotatable bonds is 9. The first kappa shape index (κ1) is 17.5. The average Bonchev–Trinajstić information content (AvgIpc) is 3.23. The second-order valence-corrected chi connectivity index (χ2v) is 7.77. The maximum Gasteiger partial charge on any atom is 0.227 e. The van der Waals surface area contributed by atoms with Crippen LogP contribution < -0.4 is 4.90 Å². The van der Waals surface area contributed by atoms with E-state index in [-0.39, 0.29) is 0 Å². The van der Waals surface area contributed by atoms with Crippen LogP contribution in [-0.2, 0) is 24.3 Å². The van der Waals surface area contributed by atoms with Crippen LogP contribution in [0.2, 0.25) is 0 Å². The predicted molar refractivity (Wildman–Crippen MR) is 103 cm³/mol. The Morgan fingerprint density at radius 1 is 1.12 bits per heavy atom. The summed E-state index contributed by atoms with van der Waals surface area (Å²) in [6, 6.07) is 11.4. The van der Waals surface area contributed by atoms with E-state index in [1.807, 2.05) is 0 Å². The fourth-order valence-corrected chi connectivity index (χ4v) is 4.11. The molecular weight excluding hydrogens is 324 g/mol. The minimum atomic E-state index is 0.548. The molecule has 140 valence electrons. The normalized spacial score (nSPS) is 20.0. The monoisotopic (exact) mass is 354 g/mol. The molecule has 0 N–H and O–H groups in total. The van der Waals surface area contributed by atoms with Gasteiger partial charge < -0.3 is 9.64 Å². The molecule has 2 aromatic rings. The summed E-state index contributed by atoms with van der Waals surface area (Å²) in [6.07, 6.45) is 8.82. The summed E-state index contributed by atoms with van der Waals surface area (Å²) in [6.45, 7) is 2.70.